The van der Waals surface area contributed by atoms with Crippen molar-refractivity contribution in [3.8, 4) is 0 Å². The molecule has 0 aliphatic carbocycles. The van der Waals surface area contributed by atoms with Crippen molar-refractivity contribution < 1.29 is 22.7 Å². The number of ketones is 1. The molecule has 1 N–H and O–H groups in total. The SMILES string of the molecule is CCc1ccc(C(=O)[C@H](C)OC(=O)c2cc(S(=O)(=O)NC)ccc2Cl)cc1. The Bertz CT molecular complexity index is 955. The molecule has 0 amide bonds. The van der Waals surface area contributed by atoms with Gasteiger partial charge in [-0.25, -0.2) is 17.9 Å². The Hall–Kier alpha value is -2.22. The van der Waals surface area contributed by atoms with Crippen molar-refractivity contribution in [1.29, 1.82) is 0 Å². The molecule has 1 atom stereocenters. The predicted molar refractivity (Wildman–Crippen MR) is 103 cm³/mol. The largest absolute Gasteiger partial charge is 0.451 e. The molecule has 0 fully saturated rings. The summed E-state index contributed by atoms with van der Waals surface area (Å²) >= 11 is 6.00. The summed E-state index contributed by atoms with van der Waals surface area (Å²) in [6.45, 7) is 3.46. The van der Waals surface area contributed by atoms with Crippen molar-refractivity contribution in [2.45, 2.75) is 31.3 Å². The normalized spacial score (nSPS) is 12.4. The van der Waals surface area contributed by atoms with Crippen molar-refractivity contribution >= 4 is 33.4 Å². The van der Waals surface area contributed by atoms with Crippen LogP contribution in [0.5, 0.6) is 0 Å². The van der Waals surface area contributed by atoms with Gasteiger partial charge in [-0.3, -0.25) is 4.79 Å². The molecule has 0 spiro atoms. The molecule has 0 aromatic heterocycles. The lowest BCUT2D eigenvalue weighted by Crippen LogP contribution is -2.25. The van der Waals surface area contributed by atoms with Crippen LogP contribution < -0.4 is 4.72 Å². The summed E-state index contributed by atoms with van der Waals surface area (Å²) in [7, 11) is -2.49. The highest BCUT2D eigenvalue weighted by molar-refractivity contribution is 7.89. The molecule has 0 bridgehead atoms. The van der Waals surface area contributed by atoms with E-state index in [1.165, 1.54) is 26.1 Å². The minimum Gasteiger partial charge on any atom is -0.451 e. The maximum absolute atomic E-state index is 12.5. The van der Waals surface area contributed by atoms with Crippen molar-refractivity contribution in [2.75, 3.05) is 7.05 Å². The molecule has 0 heterocycles. The van der Waals surface area contributed by atoms with E-state index in [0.717, 1.165) is 18.1 Å². The van der Waals surface area contributed by atoms with Gasteiger partial charge in [-0.15, -0.1) is 0 Å². The minimum absolute atomic E-state index is 0.0296. The Balaban J connectivity index is 2.20. The van der Waals surface area contributed by atoms with E-state index in [1.807, 2.05) is 19.1 Å². The summed E-state index contributed by atoms with van der Waals surface area (Å²) in [4.78, 5) is 24.7. The van der Waals surface area contributed by atoms with E-state index >= 15 is 0 Å². The van der Waals surface area contributed by atoms with Crippen LogP contribution in [0.3, 0.4) is 0 Å². The number of carbonyl (C=O) groups is 2. The number of sulfonamides is 1. The second kappa shape index (κ2) is 8.65. The number of hydrogen-bond acceptors (Lipinski definition) is 5. The van der Waals surface area contributed by atoms with Crippen LogP contribution in [-0.2, 0) is 21.2 Å². The average molecular weight is 410 g/mol. The monoisotopic (exact) mass is 409 g/mol. The van der Waals surface area contributed by atoms with E-state index < -0.39 is 22.1 Å². The third kappa shape index (κ3) is 4.94. The molecule has 27 heavy (non-hydrogen) atoms. The number of benzene rings is 2. The summed E-state index contributed by atoms with van der Waals surface area (Å²) in [5.41, 5.74) is 1.38. The number of ether oxygens (including phenoxy) is 1. The van der Waals surface area contributed by atoms with Crippen molar-refractivity contribution in [3.05, 3.63) is 64.2 Å². The second-order valence-corrected chi connectivity index (χ2v) is 8.11. The van der Waals surface area contributed by atoms with Crippen molar-refractivity contribution in [3.63, 3.8) is 0 Å². The number of halogens is 1. The summed E-state index contributed by atoms with van der Waals surface area (Å²) in [6.07, 6.45) is -0.200. The molecule has 0 aliphatic heterocycles. The molecule has 0 unspecified atom stereocenters. The molecule has 2 rings (SSSR count). The summed E-state index contributed by atoms with van der Waals surface area (Å²) in [5.74, 6) is -1.24. The van der Waals surface area contributed by atoms with Gasteiger partial charge in [-0.05, 0) is 44.2 Å². The lowest BCUT2D eigenvalue weighted by molar-refractivity contribution is 0.0318. The Labute approximate surface area is 163 Å². The van der Waals surface area contributed by atoms with Gasteiger partial charge in [0.1, 0.15) is 0 Å². The quantitative estimate of drug-likeness (QED) is 0.560. The van der Waals surface area contributed by atoms with Crippen LogP contribution in [0.25, 0.3) is 0 Å². The minimum atomic E-state index is -3.75. The van der Waals surface area contributed by atoms with Crippen LogP contribution in [-0.4, -0.2) is 33.3 Å². The fourth-order valence-electron chi connectivity index (χ4n) is 2.36. The summed E-state index contributed by atoms with van der Waals surface area (Å²) < 4.78 is 31.1. The van der Waals surface area contributed by atoms with E-state index in [-0.39, 0.29) is 21.3 Å². The molecule has 6 nitrogen and oxygen atoms in total. The summed E-state index contributed by atoms with van der Waals surface area (Å²) in [6, 6.07) is 10.7. The lowest BCUT2D eigenvalue weighted by Gasteiger charge is -2.14. The van der Waals surface area contributed by atoms with Gasteiger partial charge in [0, 0.05) is 5.56 Å². The molecule has 0 saturated heterocycles. The van der Waals surface area contributed by atoms with Gasteiger partial charge in [0.05, 0.1) is 15.5 Å². The molecule has 8 heteroatoms. The molecule has 144 valence electrons. The van der Waals surface area contributed by atoms with Gasteiger partial charge in [0.25, 0.3) is 0 Å². The number of aryl methyl sites for hydroxylation is 1. The van der Waals surface area contributed by atoms with Crippen LogP contribution in [0.15, 0.2) is 47.4 Å². The van der Waals surface area contributed by atoms with Gasteiger partial charge in [-0.2, -0.15) is 0 Å². The third-order valence-electron chi connectivity index (χ3n) is 4.04. The Morgan fingerprint density at radius 1 is 1.15 bits per heavy atom. The van der Waals surface area contributed by atoms with Gasteiger partial charge in [0.2, 0.25) is 15.8 Å². The maximum Gasteiger partial charge on any atom is 0.340 e. The van der Waals surface area contributed by atoms with Gasteiger partial charge < -0.3 is 4.74 Å². The fourth-order valence-corrected chi connectivity index (χ4v) is 3.31. The third-order valence-corrected chi connectivity index (χ3v) is 5.78. The topological polar surface area (TPSA) is 89.5 Å². The average Bonchev–Trinajstić information content (AvgIpc) is 2.67. The van der Waals surface area contributed by atoms with E-state index in [9.17, 15) is 18.0 Å². The first-order chi connectivity index (χ1) is 12.7. The first-order valence-corrected chi connectivity index (χ1v) is 10.1. The highest BCUT2D eigenvalue weighted by atomic mass is 35.5. The number of carbonyl (C=O) groups excluding carboxylic acids is 2. The molecule has 2 aromatic carbocycles. The first-order valence-electron chi connectivity index (χ1n) is 8.26. The number of Topliss-reactive ketones (excluding diaryl/α,β-unsaturated/α-hetero) is 1. The van der Waals surface area contributed by atoms with Gasteiger partial charge in [-0.1, -0.05) is 42.8 Å². The van der Waals surface area contributed by atoms with Crippen LogP contribution in [0, 0.1) is 0 Å². The number of esters is 1. The van der Waals surface area contributed by atoms with Crippen molar-refractivity contribution in [2.24, 2.45) is 0 Å². The first kappa shape index (κ1) is 21.1. The van der Waals surface area contributed by atoms with Crippen LogP contribution >= 0.6 is 11.6 Å². The van der Waals surface area contributed by atoms with Gasteiger partial charge >= 0.3 is 5.97 Å². The summed E-state index contributed by atoms with van der Waals surface area (Å²) in [5, 5.41) is 0.0296. The molecule has 0 saturated carbocycles. The zero-order valence-electron chi connectivity index (χ0n) is 15.2. The zero-order valence-corrected chi connectivity index (χ0v) is 16.7. The molecule has 0 radical (unpaired) electrons. The second-order valence-electron chi connectivity index (χ2n) is 5.81. The maximum atomic E-state index is 12.5. The van der Waals surface area contributed by atoms with Crippen LogP contribution in [0.1, 0.15) is 40.1 Å². The molecule has 0 aliphatic rings. The van der Waals surface area contributed by atoms with E-state index in [1.54, 1.807) is 12.1 Å². The van der Waals surface area contributed by atoms with Crippen LogP contribution in [0.2, 0.25) is 5.02 Å². The van der Waals surface area contributed by atoms with E-state index in [4.69, 9.17) is 16.3 Å². The number of rotatable bonds is 7. The Kier molecular flexibility index (Phi) is 6.75. The number of hydrogen-bond donors (Lipinski definition) is 1. The van der Waals surface area contributed by atoms with E-state index in [0.29, 0.717) is 5.56 Å². The van der Waals surface area contributed by atoms with Gasteiger partial charge in [0.15, 0.2) is 6.10 Å². The lowest BCUT2D eigenvalue weighted by atomic mass is 10.0. The van der Waals surface area contributed by atoms with Crippen molar-refractivity contribution in [1.82, 2.24) is 4.72 Å². The molecular weight excluding hydrogens is 390 g/mol. The molecular formula is C19H20ClNO5S. The van der Waals surface area contributed by atoms with Crippen LogP contribution in [0.4, 0.5) is 0 Å². The number of nitrogens with one attached hydrogen (secondary N) is 1. The molecule has 2 aromatic rings. The predicted octanol–water partition coefficient (Wildman–Crippen LogP) is 3.24. The Morgan fingerprint density at radius 3 is 2.33 bits per heavy atom. The highest BCUT2D eigenvalue weighted by Crippen LogP contribution is 2.22. The smallest absolute Gasteiger partial charge is 0.340 e. The standard InChI is InChI=1S/C19H20ClNO5S/c1-4-13-5-7-14(8-6-13)18(22)12(2)26-19(23)16-11-15(9-10-17(16)20)27(24,25)21-3/h5-12,21H,4H2,1-3H3/t12-/m0/s1. The highest BCUT2D eigenvalue weighted by Gasteiger charge is 2.23. The van der Waals surface area contributed by atoms with E-state index in [2.05, 4.69) is 4.72 Å². The Morgan fingerprint density at radius 2 is 1.78 bits per heavy atom. The zero-order chi connectivity index (χ0) is 20.2. The fraction of sp³-hybridized carbons (Fsp3) is 0.263.